The van der Waals surface area contributed by atoms with Gasteiger partial charge in [0.1, 0.15) is 17.4 Å². The second-order valence-corrected chi connectivity index (χ2v) is 11.0. The molecule has 3 amide bonds. The standard InChI is InChI=1S/C25H37N3O5S/c1-10-28(22(31)18(14-15-34-9)26-23(32)33-25(6,7)8)19(21(30)27-24(3,4)5)17-13-11-12-16(2)20(17)29/h1,11-13,18-19,29H,14-15H2,2-9H3,(H,26,32)(H,27,30). The Balaban J connectivity index is 3.46. The quantitative estimate of drug-likeness (QED) is 0.378. The molecule has 3 N–H and O–H groups in total. The molecule has 0 radical (unpaired) electrons. The Bertz CT molecular complexity index is 928. The summed E-state index contributed by atoms with van der Waals surface area (Å²) in [6.45, 7) is 12.2. The van der Waals surface area contributed by atoms with Crippen LogP contribution in [-0.4, -0.2) is 57.1 Å². The van der Waals surface area contributed by atoms with Gasteiger partial charge in [-0.25, -0.2) is 4.79 Å². The van der Waals surface area contributed by atoms with Gasteiger partial charge in [-0.2, -0.15) is 11.8 Å². The van der Waals surface area contributed by atoms with Crippen molar-refractivity contribution in [1.82, 2.24) is 15.5 Å². The van der Waals surface area contributed by atoms with E-state index in [1.54, 1.807) is 66.7 Å². The number of carbonyl (C=O) groups is 3. The van der Waals surface area contributed by atoms with E-state index < -0.39 is 41.1 Å². The van der Waals surface area contributed by atoms with E-state index in [9.17, 15) is 19.5 Å². The van der Waals surface area contributed by atoms with Crippen molar-refractivity contribution in [3.05, 3.63) is 29.3 Å². The molecule has 0 spiro atoms. The van der Waals surface area contributed by atoms with Gasteiger partial charge in [0.25, 0.3) is 5.91 Å². The Kier molecular flexibility index (Phi) is 10.3. The fourth-order valence-corrected chi connectivity index (χ4v) is 3.59. The molecular formula is C25H37N3O5S. The summed E-state index contributed by atoms with van der Waals surface area (Å²) < 4.78 is 5.31. The minimum Gasteiger partial charge on any atom is -0.507 e. The maximum absolute atomic E-state index is 13.6. The molecule has 0 aliphatic carbocycles. The summed E-state index contributed by atoms with van der Waals surface area (Å²) >= 11 is 1.50. The Labute approximate surface area is 207 Å². The molecule has 0 saturated heterocycles. The van der Waals surface area contributed by atoms with Crippen LogP contribution < -0.4 is 10.6 Å². The number of aryl methyl sites for hydroxylation is 1. The largest absolute Gasteiger partial charge is 0.507 e. The third kappa shape index (κ3) is 8.82. The van der Waals surface area contributed by atoms with Crippen molar-refractivity contribution < 1.29 is 24.2 Å². The monoisotopic (exact) mass is 491 g/mol. The topological polar surface area (TPSA) is 108 Å². The number of phenolic OH excluding ortho intramolecular Hbond substituents is 1. The second-order valence-electron chi connectivity index (χ2n) is 9.97. The van der Waals surface area contributed by atoms with Crippen molar-refractivity contribution in [2.45, 2.75) is 78.1 Å². The molecular weight excluding hydrogens is 454 g/mol. The highest BCUT2D eigenvalue weighted by Crippen LogP contribution is 2.32. The molecule has 0 aliphatic rings. The molecule has 9 heteroatoms. The highest BCUT2D eigenvalue weighted by atomic mass is 32.2. The Morgan fingerprint density at radius 1 is 1.21 bits per heavy atom. The van der Waals surface area contributed by atoms with Crippen LogP contribution in [0.1, 0.15) is 65.1 Å². The number of hydrogen-bond donors (Lipinski definition) is 3. The summed E-state index contributed by atoms with van der Waals surface area (Å²) in [4.78, 5) is 40.3. The zero-order chi connectivity index (χ0) is 26.3. The Hall–Kier alpha value is -2.86. The number of nitrogens with zero attached hydrogens (tertiary/aromatic N) is 1. The smallest absolute Gasteiger partial charge is 0.408 e. The maximum atomic E-state index is 13.6. The van der Waals surface area contributed by atoms with E-state index in [1.807, 2.05) is 6.26 Å². The first-order valence-corrected chi connectivity index (χ1v) is 12.4. The molecule has 2 unspecified atom stereocenters. The van der Waals surface area contributed by atoms with E-state index in [4.69, 9.17) is 11.2 Å². The molecule has 1 aromatic rings. The fourth-order valence-electron chi connectivity index (χ4n) is 3.11. The Morgan fingerprint density at radius 2 is 1.82 bits per heavy atom. The number of hydrogen-bond acceptors (Lipinski definition) is 6. The van der Waals surface area contributed by atoms with Crippen LogP contribution in [0.15, 0.2) is 18.2 Å². The number of carbonyl (C=O) groups excluding carboxylic acids is 3. The van der Waals surface area contributed by atoms with Crippen molar-refractivity contribution in [2.75, 3.05) is 12.0 Å². The number of amides is 3. The number of aromatic hydroxyl groups is 1. The lowest BCUT2D eigenvalue weighted by Gasteiger charge is -2.32. The summed E-state index contributed by atoms with van der Waals surface area (Å²) in [5, 5.41) is 16.1. The van der Waals surface area contributed by atoms with E-state index in [-0.39, 0.29) is 17.7 Å². The first kappa shape index (κ1) is 29.2. The van der Waals surface area contributed by atoms with Crippen molar-refractivity contribution in [3.63, 3.8) is 0 Å². The second kappa shape index (κ2) is 12.0. The van der Waals surface area contributed by atoms with E-state index >= 15 is 0 Å². The van der Waals surface area contributed by atoms with Gasteiger partial charge in [0.15, 0.2) is 6.04 Å². The number of alkyl carbamates (subject to hydrolysis) is 1. The van der Waals surface area contributed by atoms with Crippen molar-refractivity contribution in [3.8, 4) is 18.2 Å². The number of para-hydroxylation sites is 1. The summed E-state index contributed by atoms with van der Waals surface area (Å²) in [5.74, 6) is -0.789. The van der Waals surface area contributed by atoms with Crippen LogP contribution in [0, 0.1) is 19.4 Å². The van der Waals surface area contributed by atoms with Gasteiger partial charge in [-0.3, -0.25) is 14.5 Å². The summed E-state index contributed by atoms with van der Waals surface area (Å²) in [7, 11) is 0. The van der Waals surface area contributed by atoms with Gasteiger partial charge < -0.3 is 20.5 Å². The number of thioether (sulfide) groups is 1. The first-order valence-electron chi connectivity index (χ1n) is 11.0. The van der Waals surface area contributed by atoms with Gasteiger partial charge in [-0.15, -0.1) is 0 Å². The van der Waals surface area contributed by atoms with Gasteiger partial charge in [0, 0.05) is 17.1 Å². The molecule has 0 fully saturated rings. The van der Waals surface area contributed by atoms with Gasteiger partial charge in [0.05, 0.1) is 0 Å². The lowest BCUT2D eigenvalue weighted by Crippen LogP contribution is -2.53. The highest BCUT2D eigenvalue weighted by molar-refractivity contribution is 7.98. The third-order valence-electron chi connectivity index (χ3n) is 4.54. The van der Waals surface area contributed by atoms with Crippen LogP contribution in [0.4, 0.5) is 4.79 Å². The van der Waals surface area contributed by atoms with Gasteiger partial charge in [-0.1, -0.05) is 24.6 Å². The van der Waals surface area contributed by atoms with Crippen LogP contribution in [0.5, 0.6) is 5.75 Å². The van der Waals surface area contributed by atoms with Crippen LogP contribution in [0.2, 0.25) is 0 Å². The summed E-state index contributed by atoms with van der Waals surface area (Å²) in [6, 6.07) is 4.87. The number of terminal acetylenes is 1. The molecule has 34 heavy (non-hydrogen) atoms. The molecule has 0 saturated carbocycles. The molecule has 8 nitrogen and oxygen atoms in total. The number of rotatable bonds is 8. The number of benzene rings is 1. The normalized spacial score (nSPS) is 13.3. The molecule has 188 valence electrons. The lowest BCUT2D eigenvalue weighted by molar-refractivity contribution is -0.139. The zero-order valence-corrected chi connectivity index (χ0v) is 22.1. The molecule has 0 heterocycles. The van der Waals surface area contributed by atoms with Gasteiger partial charge in [0.2, 0.25) is 5.91 Å². The van der Waals surface area contributed by atoms with Crippen LogP contribution in [-0.2, 0) is 14.3 Å². The van der Waals surface area contributed by atoms with Crippen molar-refractivity contribution in [1.29, 1.82) is 0 Å². The predicted molar refractivity (Wildman–Crippen MR) is 135 cm³/mol. The SMILES string of the molecule is C#CN(C(=O)C(CCSC)NC(=O)OC(C)(C)C)C(C(=O)NC(C)(C)C)c1cccc(C)c1O. The van der Waals surface area contributed by atoms with E-state index in [2.05, 4.69) is 16.7 Å². The summed E-state index contributed by atoms with van der Waals surface area (Å²) in [6.07, 6.45) is 7.12. The van der Waals surface area contributed by atoms with Crippen molar-refractivity contribution in [2.24, 2.45) is 0 Å². The van der Waals surface area contributed by atoms with Crippen molar-refractivity contribution >= 4 is 29.7 Å². The average molecular weight is 492 g/mol. The molecule has 0 aromatic heterocycles. The fraction of sp³-hybridized carbons (Fsp3) is 0.560. The first-order chi connectivity index (χ1) is 15.6. The van der Waals surface area contributed by atoms with Gasteiger partial charge in [-0.05, 0) is 72.5 Å². The number of ether oxygens (including phenoxy) is 1. The predicted octanol–water partition coefficient (Wildman–Crippen LogP) is 3.72. The summed E-state index contributed by atoms with van der Waals surface area (Å²) in [5.41, 5.74) is -0.661. The molecule has 1 aromatic carbocycles. The number of nitrogens with one attached hydrogen (secondary N) is 2. The highest BCUT2D eigenvalue weighted by Gasteiger charge is 2.38. The van der Waals surface area contributed by atoms with Gasteiger partial charge >= 0.3 is 6.09 Å². The number of phenols is 1. The molecule has 2 atom stereocenters. The minimum atomic E-state index is -1.31. The molecule has 0 aliphatic heterocycles. The lowest BCUT2D eigenvalue weighted by atomic mass is 9.98. The Morgan fingerprint density at radius 3 is 2.32 bits per heavy atom. The zero-order valence-electron chi connectivity index (χ0n) is 21.3. The maximum Gasteiger partial charge on any atom is 0.408 e. The minimum absolute atomic E-state index is 0.134. The third-order valence-corrected chi connectivity index (χ3v) is 5.19. The van der Waals surface area contributed by atoms with E-state index in [1.165, 1.54) is 11.8 Å². The average Bonchev–Trinajstić information content (AvgIpc) is 2.68. The van der Waals surface area contributed by atoms with Crippen LogP contribution >= 0.6 is 11.8 Å². The van der Waals surface area contributed by atoms with Crippen LogP contribution in [0.3, 0.4) is 0 Å². The van der Waals surface area contributed by atoms with E-state index in [0.29, 0.717) is 11.3 Å². The van der Waals surface area contributed by atoms with Crippen LogP contribution in [0.25, 0.3) is 0 Å². The molecule has 0 bridgehead atoms. The van der Waals surface area contributed by atoms with E-state index in [0.717, 1.165) is 4.90 Å². The molecule has 1 rings (SSSR count).